The summed E-state index contributed by atoms with van der Waals surface area (Å²) >= 11 is 0. The van der Waals surface area contributed by atoms with Crippen molar-refractivity contribution in [3.8, 4) is 0 Å². The normalized spacial score (nSPS) is 12.1. The minimum Gasteiger partial charge on any atom is -0.497 e. The van der Waals surface area contributed by atoms with Crippen LogP contribution in [0.2, 0.25) is 0 Å². The van der Waals surface area contributed by atoms with Crippen LogP contribution in [0.5, 0.6) is 0 Å². The Labute approximate surface area is 76.1 Å². The lowest BCUT2D eigenvalue weighted by Crippen LogP contribution is -1.89. The molecule has 1 heteroatoms. The highest BCUT2D eigenvalue weighted by Crippen LogP contribution is 2.13. The minimum absolute atomic E-state index is 1.02. The van der Waals surface area contributed by atoms with Gasteiger partial charge in [-0.2, -0.15) is 0 Å². The molecule has 0 aliphatic heterocycles. The van der Waals surface area contributed by atoms with Crippen molar-refractivity contribution in [1.29, 1.82) is 0 Å². The first kappa shape index (κ1) is 11.3. The van der Waals surface area contributed by atoms with Crippen molar-refractivity contribution >= 4 is 0 Å². The van der Waals surface area contributed by atoms with Crippen LogP contribution in [0.4, 0.5) is 0 Å². The molecule has 0 bridgehead atoms. The summed E-state index contributed by atoms with van der Waals surface area (Å²) in [7, 11) is 1.73. The molecule has 0 rings (SSSR count). The maximum atomic E-state index is 5.28. The van der Waals surface area contributed by atoms with Gasteiger partial charge in [0.25, 0.3) is 0 Å². The predicted octanol–water partition coefficient (Wildman–Crippen LogP) is 3.67. The first-order chi connectivity index (χ1) is 5.61. The second-order valence-corrected chi connectivity index (χ2v) is 3.32. The molecule has 0 saturated heterocycles. The Bertz CT molecular complexity index is 183. The average Bonchev–Trinajstić information content (AvgIpc) is 2.00. The molecule has 0 atom stereocenters. The van der Waals surface area contributed by atoms with Gasteiger partial charge in [-0.15, -0.1) is 0 Å². The largest absolute Gasteiger partial charge is 0.497 e. The molecule has 0 N–H and O–H groups in total. The van der Waals surface area contributed by atoms with Gasteiger partial charge in [-0.05, 0) is 38.8 Å². The van der Waals surface area contributed by atoms with E-state index in [4.69, 9.17) is 4.74 Å². The van der Waals surface area contributed by atoms with E-state index in [1.807, 2.05) is 0 Å². The van der Waals surface area contributed by atoms with Gasteiger partial charge in [0.15, 0.2) is 0 Å². The van der Waals surface area contributed by atoms with E-state index in [1.165, 1.54) is 17.6 Å². The fraction of sp³-hybridized carbons (Fsp3) is 0.636. The lowest BCUT2D eigenvalue weighted by Gasteiger charge is -2.06. The van der Waals surface area contributed by atoms with Crippen molar-refractivity contribution < 1.29 is 4.74 Å². The van der Waals surface area contributed by atoms with E-state index >= 15 is 0 Å². The highest BCUT2D eigenvalue weighted by Gasteiger charge is 1.97. The molecule has 0 aliphatic rings. The summed E-state index contributed by atoms with van der Waals surface area (Å²) < 4.78 is 5.28. The van der Waals surface area contributed by atoms with E-state index in [0.29, 0.717) is 0 Å². The zero-order valence-electron chi connectivity index (χ0n) is 8.90. The maximum absolute atomic E-state index is 5.28. The topological polar surface area (TPSA) is 9.23 Å². The third kappa shape index (κ3) is 4.22. The molecule has 70 valence electrons. The van der Waals surface area contributed by atoms with E-state index in [-0.39, 0.29) is 0 Å². The maximum Gasteiger partial charge on any atom is 0.117 e. The van der Waals surface area contributed by atoms with Crippen LogP contribution in [0.15, 0.2) is 23.0 Å². The van der Waals surface area contributed by atoms with Gasteiger partial charge >= 0.3 is 0 Å². The van der Waals surface area contributed by atoms with Gasteiger partial charge in [0.05, 0.1) is 7.11 Å². The lowest BCUT2D eigenvalue weighted by molar-refractivity contribution is 0.300. The number of hydrogen-bond acceptors (Lipinski definition) is 1. The summed E-state index contributed by atoms with van der Waals surface area (Å²) in [6, 6.07) is 0. The Balaban J connectivity index is 4.50. The van der Waals surface area contributed by atoms with Gasteiger partial charge in [0.2, 0.25) is 0 Å². The lowest BCUT2D eigenvalue weighted by atomic mass is 10.1. The van der Waals surface area contributed by atoms with Crippen LogP contribution in [0.3, 0.4) is 0 Å². The van der Waals surface area contributed by atoms with Crippen LogP contribution in [-0.4, -0.2) is 7.11 Å². The highest BCUT2D eigenvalue weighted by molar-refractivity contribution is 5.21. The summed E-state index contributed by atoms with van der Waals surface area (Å²) in [6.07, 6.45) is 4.38. The van der Waals surface area contributed by atoms with Crippen molar-refractivity contribution in [2.45, 2.75) is 40.5 Å². The first-order valence-corrected chi connectivity index (χ1v) is 4.50. The molecule has 0 spiro atoms. The number of ether oxygens (including phenoxy) is 1. The predicted molar refractivity (Wildman–Crippen MR) is 54.0 cm³/mol. The fourth-order valence-corrected chi connectivity index (χ4v) is 1.12. The summed E-state index contributed by atoms with van der Waals surface area (Å²) in [4.78, 5) is 0. The van der Waals surface area contributed by atoms with Gasteiger partial charge < -0.3 is 4.74 Å². The SMILES string of the molecule is CCCC(C)=C(C=C(C)C)OC. The van der Waals surface area contributed by atoms with Crippen LogP contribution < -0.4 is 0 Å². The second-order valence-electron chi connectivity index (χ2n) is 3.32. The van der Waals surface area contributed by atoms with E-state index in [1.54, 1.807) is 7.11 Å². The molecule has 0 aromatic carbocycles. The first-order valence-electron chi connectivity index (χ1n) is 4.50. The fourth-order valence-electron chi connectivity index (χ4n) is 1.12. The summed E-state index contributed by atoms with van der Waals surface area (Å²) in [6.45, 7) is 8.47. The van der Waals surface area contributed by atoms with Crippen LogP contribution in [-0.2, 0) is 4.74 Å². The highest BCUT2D eigenvalue weighted by atomic mass is 16.5. The quantitative estimate of drug-likeness (QED) is 0.459. The van der Waals surface area contributed by atoms with Crippen molar-refractivity contribution in [2.75, 3.05) is 7.11 Å². The molecule has 12 heavy (non-hydrogen) atoms. The molecule has 0 aliphatic carbocycles. The molecule has 0 aromatic heterocycles. The monoisotopic (exact) mass is 168 g/mol. The molecule has 0 heterocycles. The standard InChI is InChI=1S/C11H20O/c1-6-7-10(4)11(12-5)8-9(2)3/h8H,6-7H2,1-5H3. The van der Waals surface area contributed by atoms with Crippen LogP contribution >= 0.6 is 0 Å². The van der Waals surface area contributed by atoms with E-state index in [0.717, 1.165) is 12.2 Å². The summed E-state index contributed by atoms with van der Waals surface area (Å²) in [5.74, 6) is 1.02. The van der Waals surface area contributed by atoms with Crippen molar-refractivity contribution in [3.05, 3.63) is 23.0 Å². The van der Waals surface area contributed by atoms with Crippen molar-refractivity contribution in [2.24, 2.45) is 0 Å². The molecule has 0 radical (unpaired) electrons. The molecular weight excluding hydrogens is 148 g/mol. The third-order valence-electron chi connectivity index (χ3n) is 1.69. The molecule has 0 saturated carbocycles. The average molecular weight is 168 g/mol. The van der Waals surface area contributed by atoms with Gasteiger partial charge in [-0.25, -0.2) is 0 Å². The Morgan fingerprint density at radius 2 is 1.83 bits per heavy atom. The van der Waals surface area contributed by atoms with Crippen molar-refractivity contribution in [3.63, 3.8) is 0 Å². The van der Waals surface area contributed by atoms with Gasteiger partial charge in [-0.3, -0.25) is 0 Å². The van der Waals surface area contributed by atoms with E-state index in [2.05, 4.69) is 33.8 Å². The molecular formula is C11H20O. The van der Waals surface area contributed by atoms with Crippen LogP contribution in [0, 0.1) is 0 Å². The van der Waals surface area contributed by atoms with Crippen LogP contribution in [0.1, 0.15) is 40.5 Å². The number of rotatable bonds is 4. The zero-order valence-corrected chi connectivity index (χ0v) is 8.90. The van der Waals surface area contributed by atoms with Gasteiger partial charge in [-0.1, -0.05) is 18.9 Å². The van der Waals surface area contributed by atoms with Gasteiger partial charge in [0.1, 0.15) is 5.76 Å². The summed E-state index contributed by atoms with van der Waals surface area (Å²) in [5, 5.41) is 0. The number of methoxy groups -OCH3 is 1. The smallest absolute Gasteiger partial charge is 0.117 e. The molecule has 1 nitrogen and oxygen atoms in total. The Kier molecular flexibility index (Phi) is 5.52. The number of hydrogen-bond donors (Lipinski definition) is 0. The van der Waals surface area contributed by atoms with Crippen LogP contribution in [0.25, 0.3) is 0 Å². The van der Waals surface area contributed by atoms with Crippen molar-refractivity contribution in [1.82, 2.24) is 0 Å². The zero-order chi connectivity index (χ0) is 9.56. The Hall–Kier alpha value is -0.720. The molecule has 0 fully saturated rings. The number of allylic oxidation sites excluding steroid dienone is 3. The Morgan fingerprint density at radius 3 is 2.17 bits per heavy atom. The molecule has 0 aromatic rings. The summed E-state index contributed by atoms with van der Waals surface area (Å²) in [5.41, 5.74) is 2.61. The Morgan fingerprint density at radius 1 is 1.25 bits per heavy atom. The van der Waals surface area contributed by atoms with E-state index in [9.17, 15) is 0 Å². The minimum atomic E-state index is 1.02. The van der Waals surface area contributed by atoms with Gasteiger partial charge in [0, 0.05) is 0 Å². The molecule has 0 unspecified atom stereocenters. The molecule has 0 amide bonds. The van der Waals surface area contributed by atoms with E-state index < -0.39 is 0 Å². The second kappa shape index (κ2) is 5.87. The third-order valence-corrected chi connectivity index (χ3v) is 1.69.